The van der Waals surface area contributed by atoms with Crippen LogP contribution in [0.1, 0.15) is 30.6 Å². The minimum absolute atomic E-state index is 0.0641. The van der Waals surface area contributed by atoms with Crippen molar-refractivity contribution in [3.05, 3.63) is 29.8 Å². The average molecular weight is 221 g/mol. The maximum Gasteiger partial charge on any atom is 0.183 e. The summed E-state index contributed by atoms with van der Waals surface area (Å²) in [7, 11) is 1.78. The van der Waals surface area contributed by atoms with E-state index in [-0.39, 0.29) is 11.8 Å². The lowest BCUT2D eigenvalue weighted by atomic mass is 10.0. The van der Waals surface area contributed by atoms with Gasteiger partial charge in [-0.15, -0.1) is 0 Å². The van der Waals surface area contributed by atoms with Crippen molar-refractivity contribution in [2.45, 2.75) is 26.3 Å². The van der Waals surface area contributed by atoms with Crippen molar-refractivity contribution < 1.29 is 9.53 Å². The van der Waals surface area contributed by atoms with E-state index in [0.717, 1.165) is 6.42 Å². The lowest BCUT2D eigenvalue weighted by Crippen LogP contribution is -2.31. The Balaban J connectivity index is 2.89. The molecule has 16 heavy (non-hydrogen) atoms. The molecule has 1 aromatic carbocycles. The average Bonchev–Trinajstić information content (AvgIpc) is 2.34. The monoisotopic (exact) mass is 221 g/mol. The molecule has 1 atom stereocenters. The van der Waals surface area contributed by atoms with Gasteiger partial charge in [-0.2, -0.15) is 0 Å². The number of ketones is 1. The number of ether oxygens (including phenoxy) is 1. The molecule has 88 valence electrons. The van der Waals surface area contributed by atoms with E-state index in [2.05, 4.69) is 5.32 Å². The zero-order valence-corrected chi connectivity index (χ0v) is 10.1. The van der Waals surface area contributed by atoms with Crippen LogP contribution in [0.5, 0.6) is 5.75 Å². The largest absolute Gasteiger partial charge is 0.493 e. The number of likely N-dealkylation sites (N-methyl/N-ethyl adjacent to an activating group) is 1. The van der Waals surface area contributed by atoms with E-state index < -0.39 is 0 Å². The molecule has 0 aliphatic carbocycles. The number of hydrogen-bond donors (Lipinski definition) is 1. The molecule has 0 saturated heterocycles. The van der Waals surface area contributed by atoms with Gasteiger partial charge in [0, 0.05) is 0 Å². The molecule has 1 rings (SSSR count). The second-order valence-electron chi connectivity index (χ2n) is 3.72. The van der Waals surface area contributed by atoms with Crippen LogP contribution in [-0.4, -0.2) is 25.5 Å². The highest BCUT2D eigenvalue weighted by Gasteiger charge is 2.17. The first kappa shape index (κ1) is 12.7. The Hall–Kier alpha value is -1.35. The summed E-state index contributed by atoms with van der Waals surface area (Å²) in [6.07, 6.45) is 0.935. The molecule has 0 bridgehead atoms. The van der Waals surface area contributed by atoms with Crippen LogP contribution in [0.4, 0.5) is 0 Å². The number of nitrogens with one attached hydrogen (secondary N) is 1. The quantitative estimate of drug-likeness (QED) is 0.749. The maximum absolute atomic E-state index is 12.0. The smallest absolute Gasteiger partial charge is 0.183 e. The van der Waals surface area contributed by atoms with E-state index >= 15 is 0 Å². The van der Waals surface area contributed by atoms with Gasteiger partial charge in [-0.05, 0) is 32.5 Å². The number of hydrogen-bond acceptors (Lipinski definition) is 3. The first-order chi connectivity index (χ1) is 7.70. The Morgan fingerprint density at radius 3 is 2.75 bits per heavy atom. The van der Waals surface area contributed by atoms with Crippen molar-refractivity contribution in [1.29, 1.82) is 0 Å². The molecule has 0 aliphatic heterocycles. The van der Waals surface area contributed by atoms with Crippen LogP contribution >= 0.6 is 0 Å². The second-order valence-corrected chi connectivity index (χ2v) is 3.72. The number of rotatable bonds is 6. The van der Waals surface area contributed by atoms with E-state index in [1.54, 1.807) is 13.1 Å². The highest BCUT2D eigenvalue weighted by atomic mass is 16.5. The summed E-state index contributed by atoms with van der Waals surface area (Å²) < 4.78 is 5.55. The summed E-state index contributed by atoms with van der Waals surface area (Å²) >= 11 is 0. The van der Waals surface area contributed by atoms with Gasteiger partial charge in [-0.3, -0.25) is 4.79 Å². The Kier molecular flexibility index (Phi) is 4.99. The lowest BCUT2D eigenvalue weighted by Gasteiger charge is -2.13. The van der Waals surface area contributed by atoms with Crippen LogP contribution in [-0.2, 0) is 0 Å². The van der Waals surface area contributed by atoms with Crippen LogP contribution in [0.25, 0.3) is 0 Å². The van der Waals surface area contributed by atoms with Crippen molar-refractivity contribution in [3.63, 3.8) is 0 Å². The predicted molar refractivity (Wildman–Crippen MR) is 65.1 cm³/mol. The summed E-state index contributed by atoms with van der Waals surface area (Å²) in [4.78, 5) is 12.0. The predicted octanol–water partition coefficient (Wildman–Crippen LogP) is 2.27. The summed E-state index contributed by atoms with van der Waals surface area (Å²) in [5, 5.41) is 2.94. The number of para-hydroxylation sites is 1. The molecule has 3 nitrogen and oxygen atoms in total. The van der Waals surface area contributed by atoms with Gasteiger partial charge in [-0.1, -0.05) is 19.1 Å². The molecule has 1 N–H and O–H groups in total. The van der Waals surface area contributed by atoms with Gasteiger partial charge in [0.25, 0.3) is 0 Å². The Labute approximate surface area is 96.8 Å². The highest BCUT2D eigenvalue weighted by molar-refractivity contribution is 6.02. The molecule has 0 aliphatic rings. The Morgan fingerprint density at radius 2 is 2.12 bits per heavy atom. The first-order valence-corrected chi connectivity index (χ1v) is 5.64. The number of carbonyl (C=O) groups is 1. The van der Waals surface area contributed by atoms with Gasteiger partial charge < -0.3 is 10.1 Å². The zero-order valence-electron chi connectivity index (χ0n) is 10.1. The van der Waals surface area contributed by atoms with Crippen LogP contribution in [0.2, 0.25) is 0 Å². The molecule has 0 spiro atoms. The van der Waals surface area contributed by atoms with Gasteiger partial charge in [0.05, 0.1) is 18.2 Å². The molecule has 0 radical (unpaired) electrons. The molecular formula is C13H19NO2. The van der Waals surface area contributed by atoms with Gasteiger partial charge in [0.1, 0.15) is 5.75 Å². The van der Waals surface area contributed by atoms with Crippen LogP contribution in [0.3, 0.4) is 0 Å². The molecule has 0 amide bonds. The van der Waals surface area contributed by atoms with Crippen molar-refractivity contribution in [2.75, 3.05) is 13.7 Å². The molecule has 1 unspecified atom stereocenters. The van der Waals surface area contributed by atoms with Crippen LogP contribution in [0.15, 0.2) is 24.3 Å². The van der Waals surface area contributed by atoms with Crippen molar-refractivity contribution in [1.82, 2.24) is 5.32 Å². The summed E-state index contributed by atoms with van der Waals surface area (Å²) in [5.41, 5.74) is 0.651. The summed E-state index contributed by atoms with van der Waals surface area (Å²) in [6.45, 7) is 4.53. The fraction of sp³-hybridized carbons (Fsp3) is 0.462. The molecule has 1 aromatic rings. The topological polar surface area (TPSA) is 38.3 Å². The number of benzene rings is 1. The van der Waals surface area contributed by atoms with Gasteiger partial charge in [-0.25, -0.2) is 0 Å². The Bertz CT molecular complexity index is 350. The normalized spacial score (nSPS) is 12.2. The van der Waals surface area contributed by atoms with Crippen LogP contribution in [0, 0.1) is 0 Å². The minimum Gasteiger partial charge on any atom is -0.493 e. The fourth-order valence-corrected chi connectivity index (χ4v) is 1.37. The Morgan fingerprint density at radius 1 is 1.44 bits per heavy atom. The van der Waals surface area contributed by atoms with E-state index in [1.165, 1.54) is 0 Å². The SMILES string of the molecule is CCCOc1ccccc1C(=O)C(C)NC. The second kappa shape index (κ2) is 6.28. The standard InChI is InChI=1S/C13H19NO2/c1-4-9-16-12-8-6-5-7-11(12)13(15)10(2)14-3/h5-8,10,14H,4,9H2,1-3H3. The van der Waals surface area contributed by atoms with Crippen molar-refractivity contribution in [3.8, 4) is 5.75 Å². The molecule has 0 saturated carbocycles. The minimum atomic E-state index is -0.189. The fourth-order valence-electron chi connectivity index (χ4n) is 1.37. The van der Waals surface area contributed by atoms with Gasteiger partial charge in [0.15, 0.2) is 5.78 Å². The molecule has 0 fully saturated rings. The van der Waals surface area contributed by atoms with Gasteiger partial charge in [0.2, 0.25) is 0 Å². The molecule has 0 aromatic heterocycles. The van der Waals surface area contributed by atoms with E-state index in [0.29, 0.717) is 17.9 Å². The summed E-state index contributed by atoms with van der Waals surface area (Å²) in [5.74, 6) is 0.741. The number of carbonyl (C=O) groups excluding carboxylic acids is 1. The first-order valence-electron chi connectivity index (χ1n) is 5.64. The maximum atomic E-state index is 12.0. The summed E-state index contributed by atoms with van der Waals surface area (Å²) in [6, 6.07) is 7.19. The highest BCUT2D eigenvalue weighted by Crippen LogP contribution is 2.19. The number of Topliss-reactive ketones (excluding diaryl/α,β-unsaturated/α-hetero) is 1. The third kappa shape index (κ3) is 3.07. The van der Waals surface area contributed by atoms with Crippen LogP contribution < -0.4 is 10.1 Å². The van der Waals surface area contributed by atoms with E-state index in [4.69, 9.17) is 4.74 Å². The molecule has 0 heterocycles. The molecule has 3 heteroatoms. The zero-order chi connectivity index (χ0) is 12.0. The van der Waals surface area contributed by atoms with Crippen molar-refractivity contribution in [2.24, 2.45) is 0 Å². The van der Waals surface area contributed by atoms with Gasteiger partial charge >= 0.3 is 0 Å². The lowest BCUT2D eigenvalue weighted by molar-refractivity contribution is 0.0951. The third-order valence-corrected chi connectivity index (χ3v) is 2.44. The third-order valence-electron chi connectivity index (χ3n) is 2.44. The molecular weight excluding hydrogens is 202 g/mol. The van der Waals surface area contributed by atoms with E-state index in [1.807, 2.05) is 32.0 Å². The van der Waals surface area contributed by atoms with E-state index in [9.17, 15) is 4.79 Å². The van der Waals surface area contributed by atoms with Crippen molar-refractivity contribution >= 4 is 5.78 Å².